The second kappa shape index (κ2) is 13.5. The standard InChI is InChI=1S/C34H37N3O2/c1-4-11-27(12-5-2)33(25-38)37-23-21-30(22-24-37)36(3)29-19-17-28(18-20-29)35-34(39)32-16-10-9-15-31(32)26-13-7-6-8-14-26/h4-20,25,30,33H,1,21-24H2,2-3H3,(H,35,39)/b12-5-,27-11+. The van der Waals surface area contributed by atoms with Crippen LogP contribution in [0, 0.1) is 0 Å². The molecule has 5 heteroatoms. The Morgan fingerprint density at radius 1 is 1.00 bits per heavy atom. The molecule has 1 saturated heterocycles. The molecule has 1 aliphatic rings. The summed E-state index contributed by atoms with van der Waals surface area (Å²) in [6.45, 7) is 7.44. The van der Waals surface area contributed by atoms with Crippen molar-refractivity contribution in [1.29, 1.82) is 0 Å². The Kier molecular flexibility index (Phi) is 9.65. The Bertz CT molecular complexity index is 1320. The fourth-order valence-corrected chi connectivity index (χ4v) is 5.25. The fraction of sp³-hybridized carbons (Fsp3) is 0.235. The highest BCUT2D eigenvalue weighted by Crippen LogP contribution is 2.27. The first kappa shape index (κ1) is 27.8. The zero-order valence-corrected chi connectivity index (χ0v) is 22.8. The number of allylic oxidation sites excluding steroid dienone is 3. The van der Waals surface area contributed by atoms with Crippen LogP contribution in [0.4, 0.5) is 11.4 Å². The second-order valence-electron chi connectivity index (χ2n) is 9.77. The molecule has 1 amide bonds. The Labute approximate surface area is 232 Å². The van der Waals surface area contributed by atoms with Crippen molar-refractivity contribution in [2.45, 2.75) is 31.8 Å². The van der Waals surface area contributed by atoms with Crippen molar-refractivity contribution in [3.8, 4) is 11.1 Å². The molecule has 39 heavy (non-hydrogen) atoms. The third-order valence-electron chi connectivity index (χ3n) is 7.37. The third-order valence-corrected chi connectivity index (χ3v) is 7.37. The number of carbonyl (C=O) groups is 2. The van der Waals surface area contributed by atoms with Crippen molar-refractivity contribution in [3.05, 3.63) is 121 Å². The summed E-state index contributed by atoms with van der Waals surface area (Å²) >= 11 is 0. The molecule has 4 rings (SSSR count). The normalized spacial score (nSPS) is 15.6. The topological polar surface area (TPSA) is 52.7 Å². The average molecular weight is 520 g/mol. The minimum Gasteiger partial charge on any atom is -0.372 e. The van der Waals surface area contributed by atoms with E-state index < -0.39 is 0 Å². The molecule has 0 saturated carbocycles. The van der Waals surface area contributed by atoms with Crippen LogP contribution < -0.4 is 10.2 Å². The first-order valence-corrected chi connectivity index (χ1v) is 13.5. The van der Waals surface area contributed by atoms with Gasteiger partial charge in [-0.15, -0.1) is 0 Å². The van der Waals surface area contributed by atoms with Crippen LogP contribution in [0.3, 0.4) is 0 Å². The fourth-order valence-electron chi connectivity index (χ4n) is 5.25. The smallest absolute Gasteiger partial charge is 0.256 e. The number of piperidine rings is 1. The number of hydrogen-bond acceptors (Lipinski definition) is 4. The SMILES string of the molecule is C=C/C=C(\C=C/C)C(C=O)N1CCC(N(C)c2ccc(NC(=O)c3ccccc3-c3ccccc3)cc2)CC1. The molecule has 200 valence electrons. The van der Waals surface area contributed by atoms with E-state index in [2.05, 4.69) is 40.9 Å². The van der Waals surface area contributed by atoms with Crippen LogP contribution in [-0.4, -0.2) is 49.3 Å². The van der Waals surface area contributed by atoms with Gasteiger partial charge in [0.15, 0.2) is 0 Å². The number of benzene rings is 3. The zero-order chi connectivity index (χ0) is 27.6. The summed E-state index contributed by atoms with van der Waals surface area (Å²) in [6.07, 6.45) is 10.6. The highest BCUT2D eigenvalue weighted by Gasteiger charge is 2.28. The number of anilines is 2. The maximum absolute atomic E-state index is 13.2. The summed E-state index contributed by atoms with van der Waals surface area (Å²) in [5.74, 6) is -0.129. The molecular weight excluding hydrogens is 482 g/mol. The first-order valence-electron chi connectivity index (χ1n) is 13.5. The molecule has 0 bridgehead atoms. The van der Waals surface area contributed by atoms with Crippen molar-refractivity contribution in [3.63, 3.8) is 0 Å². The quantitative estimate of drug-likeness (QED) is 0.237. The highest BCUT2D eigenvalue weighted by atomic mass is 16.1. The molecule has 0 aliphatic carbocycles. The van der Waals surface area contributed by atoms with Gasteiger partial charge in [-0.2, -0.15) is 0 Å². The van der Waals surface area contributed by atoms with Crippen LogP contribution in [0.5, 0.6) is 0 Å². The molecule has 1 heterocycles. The maximum Gasteiger partial charge on any atom is 0.256 e. The Hall–Kier alpha value is -4.22. The van der Waals surface area contributed by atoms with E-state index in [1.54, 1.807) is 6.08 Å². The van der Waals surface area contributed by atoms with Crippen molar-refractivity contribution in [1.82, 2.24) is 4.90 Å². The van der Waals surface area contributed by atoms with E-state index in [0.29, 0.717) is 11.6 Å². The van der Waals surface area contributed by atoms with Crippen LogP contribution in [0.2, 0.25) is 0 Å². The van der Waals surface area contributed by atoms with Gasteiger partial charge in [0.2, 0.25) is 0 Å². The minimum absolute atomic E-state index is 0.129. The second-order valence-corrected chi connectivity index (χ2v) is 9.77. The van der Waals surface area contributed by atoms with Crippen LogP contribution in [0.15, 0.2) is 115 Å². The van der Waals surface area contributed by atoms with Crippen LogP contribution in [0.25, 0.3) is 11.1 Å². The van der Waals surface area contributed by atoms with Crippen LogP contribution in [0.1, 0.15) is 30.1 Å². The number of nitrogens with zero attached hydrogens (tertiary/aromatic N) is 2. The maximum atomic E-state index is 13.2. The lowest BCUT2D eigenvalue weighted by Crippen LogP contribution is -2.48. The molecule has 0 radical (unpaired) electrons. The van der Waals surface area contributed by atoms with Crippen LogP contribution >= 0.6 is 0 Å². The number of aldehydes is 1. The number of amides is 1. The summed E-state index contributed by atoms with van der Waals surface area (Å²) < 4.78 is 0. The number of hydrogen-bond donors (Lipinski definition) is 1. The zero-order valence-electron chi connectivity index (χ0n) is 22.8. The van der Waals surface area contributed by atoms with Crippen molar-refractivity contribution in [2.24, 2.45) is 0 Å². The van der Waals surface area contributed by atoms with Gasteiger partial charge < -0.3 is 15.0 Å². The van der Waals surface area contributed by atoms with Crippen molar-refractivity contribution in [2.75, 3.05) is 30.4 Å². The number of likely N-dealkylation sites (tertiary alicyclic amines) is 1. The lowest BCUT2D eigenvalue weighted by atomic mass is 9.98. The van der Waals surface area contributed by atoms with E-state index in [4.69, 9.17) is 0 Å². The third kappa shape index (κ3) is 6.81. The summed E-state index contributed by atoms with van der Waals surface area (Å²) in [5, 5.41) is 3.05. The molecule has 5 nitrogen and oxygen atoms in total. The molecule has 3 aromatic carbocycles. The van der Waals surface area contributed by atoms with Crippen molar-refractivity contribution >= 4 is 23.6 Å². The van der Waals surface area contributed by atoms with Gasteiger partial charge in [-0.05, 0) is 66.8 Å². The molecule has 1 aliphatic heterocycles. The molecular formula is C34H37N3O2. The molecule has 1 fully saturated rings. The van der Waals surface area contributed by atoms with E-state index in [9.17, 15) is 9.59 Å². The summed E-state index contributed by atoms with van der Waals surface area (Å²) in [6, 6.07) is 25.8. The number of nitrogens with one attached hydrogen (secondary N) is 1. The average Bonchev–Trinajstić information content (AvgIpc) is 2.98. The van der Waals surface area contributed by atoms with E-state index in [0.717, 1.165) is 60.3 Å². The van der Waals surface area contributed by atoms with Gasteiger partial charge >= 0.3 is 0 Å². The summed E-state index contributed by atoms with van der Waals surface area (Å²) in [7, 11) is 2.12. The molecule has 0 spiro atoms. The predicted molar refractivity (Wildman–Crippen MR) is 162 cm³/mol. The predicted octanol–water partition coefficient (Wildman–Crippen LogP) is 6.76. The van der Waals surface area contributed by atoms with Gasteiger partial charge in [0, 0.05) is 43.1 Å². The van der Waals surface area contributed by atoms with Gasteiger partial charge in [0.1, 0.15) is 6.29 Å². The summed E-state index contributed by atoms with van der Waals surface area (Å²) in [5.41, 5.74) is 5.40. The Morgan fingerprint density at radius 2 is 1.67 bits per heavy atom. The Balaban J connectivity index is 1.38. The van der Waals surface area contributed by atoms with E-state index in [1.165, 1.54) is 0 Å². The van der Waals surface area contributed by atoms with Gasteiger partial charge in [0.05, 0.1) is 6.04 Å². The largest absolute Gasteiger partial charge is 0.372 e. The van der Waals surface area contributed by atoms with Crippen molar-refractivity contribution < 1.29 is 9.59 Å². The molecule has 0 aromatic heterocycles. The highest BCUT2D eigenvalue weighted by molar-refractivity contribution is 6.08. The van der Waals surface area contributed by atoms with E-state index >= 15 is 0 Å². The number of rotatable bonds is 10. The lowest BCUT2D eigenvalue weighted by molar-refractivity contribution is -0.111. The molecule has 1 atom stereocenters. The molecule has 1 unspecified atom stereocenters. The first-order chi connectivity index (χ1) is 19.0. The lowest BCUT2D eigenvalue weighted by Gasteiger charge is -2.40. The van der Waals surface area contributed by atoms with Gasteiger partial charge in [0.25, 0.3) is 5.91 Å². The minimum atomic E-state index is -0.250. The van der Waals surface area contributed by atoms with Crippen LogP contribution in [-0.2, 0) is 4.79 Å². The summed E-state index contributed by atoms with van der Waals surface area (Å²) in [4.78, 5) is 29.6. The van der Waals surface area contributed by atoms with E-state index in [1.807, 2.05) is 91.9 Å². The van der Waals surface area contributed by atoms with E-state index in [-0.39, 0.29) is 11.9 Å². The molecule has 3 aromatic rings. The molecule has 1 N–H and O–H groups in total. The Morgan fingerprint density at radius 3 is 2.31 bits per heavy atom. The monoisotopic (exact) mass is 519 g/mol. The van der Waals surface area contributed by atoms with Gasteiger partial charge in [-0.3, -0.25) is 9.69 Å². The number of carbonyl (C=O) groups excluding carboxylic acids is 2. The van der Waals surface area contributed by atoms with Gasteiger partial charge in [-0.25, -0.2) is 0 Å². The van der Waals surface area contributed by atoms with Gasteiger partial charge in [-0.1, -0.05) is 79.4 Å².